The third-order valence-electron chi connectivity index (χ3n) is 3.24. The normalized spacial score (nSPS) is 12.6. The highest BCUT2D eigenvalue weighted by Gasteiger charge is 2.14. The van der Waals surface area contributed by atoms with Gasteiger partial charge in [-0.05, 0) is 37.1 Å². The van der Waals surface area contributed by atoms with E-state index in [0.717, 1.165) is 30.0 Å². The summed E-state index contributed by atoms with van der Waals surface area (Å²) in [5, 5.41) is 8.39. The minimum absolute atomic E-state index is 0.246. The molecule has 2 rings (SSSR count). The highest BCUT2D eigenvalue weighted by Crippen LogP contribution is 2.25. The van der Waals surface area contributed by atoms with Crippen molar-refractivity contribution in [1.82, 2.24) is 20.1 Å². The van der Waals surface area contributed by atoms with Crippen LogP contribution in [0.4, 0.5) is 0 Å². The molecule has 19 heavy (non-hydrogen) atoms. The van der Waals surface area contributed by atoms with Crippen molar-refractivity contribution in [1.29, 1.82) is 0 Å². The molecule has 1 unspecified atom stereocenters. The molecular formula is C14H19ClN4. The molecule has 0 saturated heterocycles. The number of rotatable bonds is 6. The second kappa shape index (κ2) is 6.68. The standard InChI is InChI=1S/C14H19ClN4/c1-3-17-14(12-7-8-16-10-13(12)15)5-4-11-6-9-18-19(11)2/h6-10,14,17H,3-5H2,1-2H3. The van der Waals surface area contributed by atoms with E-state index in [1.54, 1.807) is 12.4 Å². The van der Waals surface area contributed by atoms with E-state index in [4.69, 9.17) is 11.6 Å². The van der Waals surface area contributed by atoms with Gasteiger partial charge in [-0.25, -0.2) is 0 Å². The fourth-order valence-corrected chi connectivity index (χ4v) is 2.47. The fraction of sp³-hybridized carbons (Fsp3) is 0.429. The van der Waals surface area contributed by atoms with Crippen LogP contribution in [0.25, 0.3) is 0 Å². The van der Waals surface area contributed by atoms with Gasteiger partial charge in [-0.1, -0.05) is 18.5 Å². The number of nitrogens with one attached hydrogen (secondary N) is 1. The lowest BCUT2D eigenvalue weighted by atomic mass is 10.0. The quantitative estimate of drug-likeness (QED) is 0.883. The van der Waals surface area contributed by atoms with Crippen LogP contribution in [0.3, 0.4) is 0 Å². The highest BCUT2D eigenvalue weighted by molar-refractivity contribution is 6.31. The van der Waals surface area contributed by atoms with Crippen LogP contribution in [0.5, 0.6) is 0 Å². The van der Waals surface area contributed by atoms with Crippen molar-refractivity contribution in [2.45, 2.75) is 25.8 Å². The van der Waals surface area contributed by atoms with Crippen molar-refractivity contribution in [3.63, 3.8) is 0 Å². The third kappa shape index (κ3) is 3.55. The number of hydrogen-bond donors (Lipinski definition) is 1. The van der Waals surface area contributed by atoms with Gasteiger partial charge in [0.1, 0.15) is 0 Å². The summed E-state index contributed by atoms with van der Waals surface area (Å²) in [6.07, 6.45) is 7.27. The monoisotopic (exact) mass is 278 g/mol. The zero-order chi connectivity index (χ0) is 13.7. The second-order valence-corrected chi connectivity index (χ2v) is 4.90. The summed E-state index contributed by atoms with van der Waals surface area (Å²) in [5.41, 5.74) is 2.34. The molecule has 2 heterocycles. The van der Waals surface area contributed by atoms with Crippen molar-refractivity contribution in [2.24, 2.45) is 7.05 Å². The molecule has 0 radical (unpaired) electrons. The van der Waals surface area contributed by atoms with Gasteiger partial charge in [0.2, 0.25) is 0 Å². The highest BCUT2D eigenvalue weighted by atomic mass is 35.5. The molecule has 0 spiro atoms. The maximum Gasteiger partial charge on any atom is 0.0637 e. The van der Waals surface area contributed by atoms with Crippen LogP contribution in [0.2, 0.25) is 5.02 Å². The fourth-order valence-electron chi connectivity index (χ4n) is 2.22. The van der Waals surface area contributed by atoms with Gasteiger partial charge < -0.3 is 5.32 Å². The maximum atomic E-state index is 6.23. The zero-order valence-corrected chi connectivity index (χ0v) is 12.1. The molecule has 0 amide bonds. The lowest BCUT2D eigenvalue weighted by Gasteiger charge is -2.19. The largest absolute Gasteiger partial charge is 0.310 e. The van der Waals surface area contributed by atoms with Gasteiger partial charge in [-0.15, -0.1) is 0 Å². The Balaban J connectivity index is 2.09. The van der Waals surface area contributed by atoms with Gasteiger partial charge in [0.05, 0.1) is 5.02 Å². The average molecular weight is 279 g/mol. The van der Waals surface area contributed by atoms with E-state index in [1.165, 1.54) is 5.69 Å². The molecule has 0 aliphatic rings. The van der Waals surface area contributed by atoms with Crippen molar-refractivity contribution in [3.8, 4) is 0 Å². The average Bonchev–Trinajstić information content (AvgIpc) is 2.81. The Labute approximate surface area is 118 Å². The summed E-state index contributed by atoms with van der Waals surface area (Å²) in [6, 6.07) is 4.28. The van der Waals surface area contributed by atoms with E-state index in [9.17, 15) is 0 Å². The van der Waals surface area contributed by atoms with Crippen LogP contribution in [0.1, 0.15) is 30.6 Å². The van der Waals surface area contributed by atoms with Crippen molar-refractivity contribution < 1.29 is 0 Å². The van der Waals surface area contributed by atoms with Gasteiger partial charge in [0.15, 0.2) is 0 Å². The molecule has 0 aromatic carbocycles. The van der Waals surface area contributed by atoms with Crippen LogP contribution in [0.15, 0.2) is 30.7 Å². The first-order valence-electron chi connectivity index (χ1n) is 6.52. The molecular weight excluding hydrogens is 260 g/mol. The molecule has 2 aromatic rings. The number of hydrogen-bond acceptors (Lipinski definition) is 3. The molecule has 5 heteroatoms. The van der Waals surface area contributed by atoms with E-state index >= 15 is 0 Å². The SMILES string of the molecule is CCNC(CCc1ccnn1C)c1ccncc1Cl. The van der Waals surface area contributed by atoms with Crippen LogP contribution < -0.4 is 5.32 Å². The third-order valence-corrected chi connectivity index (χ3v) is 3.56. The summed E-state index contributed by atoms with van der Waals surface area (Å²) in [6.45, 7) is 3.01. The summed E-state index contributed by atoms with van der Waals surface area (Å²) in [7, 11) is 1.97. The molecule has 0 aliphatic heterocycles. The van der Waals surface area contributed by atoms with Crippen molar-refractivity contribution in [3.05, 3.63) is 47.0 Å². The Morgan fingerprint density at radius 1 is 1.37 bits per heavy atom. The number of aromatic nitrogens is 3. The van der Waals surface area contributed by atoms with Gasteiger partial charge in [-0.2, -0.15) is 5.10 Å². The lowest BCUT2D eigenvalue weighted by molar-refractivity contribution is 0.506. The molecule has 0 saturated carbocycles. The van der Waals surface area contributed by atoms with E-state index in [0.29, 0.717) is 0 Å². The van der Waals surface area contributed by atoms with Crippen LogP contribution in [-0.4, -0.2) is 21.3 Å². The summed E-state index contributed by atoms with van der Waals surface area (Å²) in [4.78, 5) is 4.04. The molecule has 2 aromatic heterocycles. The predicted molar refractivity (Wildman–Crippen MR) is 77.2 cm³/mol. The number of nitrogens with zero attached hydrogens (tertiary/aromatic N) is 3. The van der Waals surface area contributed by atoms with Gasteiger partial charge in [-0.3, -0.25) is 9.67 Å². The van der Waals surface area contributed by atoms with Gasteiger partial charge in [0, 0.05) is 37.4 Å². The van der Waals surface area contributed by atoms with Gasteiger partial charge in [0.25, 0.3) is 0 Å². The molecule has 102 valence electrons. The van der Waals surface area contributed by atoms with Crippen molar-refractivity contribution in [2.75, 3.05) is 6.54 Å². The Morgan fingerprint density at radius 3 is 2.84 bits per heavy atom. The molecule has 0 aliphatic carbocycles. The van der Waals surface area contributed by atoms with E-state index in [1.807, 2.05) is 24.0 Å². The maximum absolute atomic E-state index is 6.23. The predicted octanol–water partition coefficient (Wildman–Crippen LogP) is 2.75. The summed E-state index contributed by atoms with van der Waals surface area (Å²) < 4.78 is 1.91. The Morgan fingerprint density at radius 2 is 2.21 bits per heavy atom. The smallest absolute Gasteiger partial charge is 0.0637 e. The first-order valence-corrected chi connectivity index (χ1v) is 6.89. The Hall–Kier alpha value is -1.39. The topological polar surface area (TPSA) is 42.7 Å². The Kier molecular flexibility index (Phi) is 4.93. The Bertz CT molecular complexity index is 524. The molecule has 0 bridgehead atoms. The van der Waals surface area contributed by atoms with E-state index < -0.39 is 0 Å². The van der Waals surface area contributed by atoms with Crippen LogP contribution in [0, 0.1) is 0 Å². The first kappa shape index (κ1) is 14.0. The summed E-state index contributed by atoms with van der Waals surface area (Å²) >= 11 is 6.23. The number of pyridine rings is 1. The minimum atomic E-state index is 0.246. The van der Waals surface area contributed by atoms with E-state index in [2.05, 4.69) is 28.4 Å². The van der Waals surface area contributed by atoms with Crippen LogP contribution >= 0.6 is 11.6 Å². The van der Waals surface area contributed by atoms with Gasteiger partial charge >= 0.3 is 0 Å². The molecule has 1 atom stereocenters. The molecule has 4 nitrogen and oxygen atoms in total. The summed E-state index contributed by atoms with van der Waals surface area (Å²) in [5.74, 6) is 0. The van der Waals surface area contributed by atoms with E-state index in [-0.39, 0.29) is 6.04 Å². The number of halogens is 1. The van der Waals surface area contributed by atoms with Crippen LogP contribution in [-0.2, 0) is 13.5 Å². The second-order valence-electron chi connectivity index (χ2n) is 4.49. The van der Waals surface area contributed by atoms with Crippen molar-refractivity contribution >= 4 is 11.6 Å². The minimum Gasteiger partial charge on any atom is -0.310 e. The lowest BCUT2D eigenvalue weighted by Crippen LogP contribution is -2.22. The molecule has 0 fully saturated rings. The molecule has 1 N–H and O–H groups in total. The zero-order valence-electron chi connectivity index (χ0n) is 11.3. The number of aryl methyl sites for hydroxylation is 2. The first-order chi connectivity index (χ1) is 9.22.